The van der Waals surface area contributed by atoms with E-state index in [0.29, 0.717) is 64.7 Å². The Balaban J connectivity index is 0.000000175. The molecule has 316 valence electrons. The minimum Gasteiger partial charge on any atom is -0.508 e. The lowest BCUT2D eigenvalue weighted by Gasteiger charge is -2.10. The van der Waals surface area contributed by atoms with Gasteiger partial charge in [0.1, 0.15) is 40.3 Å². The molecule has 2 aromatic heterocycles. The lowest BCUT2D eigenvalue weighted by atomic mass is 10.1. The maximum absolute atomic E-state index is 12.3. The zero-order valence-corrected chi connectivity index (χ0v) is 34.8. The number of aromatic nitrogens is 2. The number of nitriles is 2. The molecule has 4 heterocycles. The molecule has 63 heavy (non-hydrogen) atoms. The molecule has 0 radical (unpaired) electrons. The number of halogens is 1. The van der Waals surface area contributed by atoms with Crippen molar-refractivity contribution in [2.45, 2.75) is 12.8 Å². The lowest BCUT2D eigenvalue weighted by Crippen LogP contribution is -2.25. The third-order valence-electron chi connectivity index (χ3n) is 9.24. The maximum Gasteiger partial charge on any atom is 0.251 e. The molecule has 14 nitrogen and oxygen atoms in total. The van der Waals surface area contributed by atoms with Crippen LogP contribution in [0, 0.1) is 22.7 Å². The Morgan fingerprint density at radius 1 is 0.651 bits per heavy atom. The number of rotatable bonds is 12. The van der Waals surface area contributed by atoms with Crippen LogP contribution in [0.1, 0.15) is 54.4 Å². The molecule has 0 atom stereocenters. The Morgan fingerprint density at radius 3 is 1.71 bits per heavy atom. The maximum atomic E-state index is 12.3. The summed E-state index contributed by atoms with van der Waals surface area (Å²) in [5, 5.41) is 39.8. The molecule has 0 saturated carbocycles. The normalized spacial score (nSPS) is 12.2. The summed E-state index contributed by atoms with van der Waals surface area (Å²) in [6.45, 7) is 4.24. The van der Waals surface area contributed by atoms with Gasteiger partial charge < -0.3 is 31.1 Å². The fourth-order valence-electron chi connectivity index (χ4n) is 6.19. The molecule has 6 aromatic rings. The van der Waals surface area contributed by atoms with Gasteiger partial charge in [0, 0.05) is 60.8 Å². The SMILES string of the molecule is Clc1ccnc(C2=NCCN2)c1.N#Cc1cccc(C(=O)NCCc2cccc(O)c2)c1.N#Cc1cccc(C(=O)NCCc2cccc(Oc3ccnc(C4=NCCN4)c3)c2)c1. The van der Waals surface area contributed by atoms with Gasteiger partial charge in [0.15, 0.2) is 0 Å². The lowest BCUT2D eigenvalue weighted by molar-refractivity contribution is 0.0946. The Bertz CT molecular complexity index is 2690. The number of pyridine rings is 2. The van der Waals surface area contributed by atoms with Crippen LogP contribution in [0.5, 0.6) is 17.2 Å². The second-order valence-electron chi connectivity index (χ2n) is 13.9. The van der Waals surface area contributed by atoms with Crippen LogP contribution >= 0.6 is 11.6 Å². The molecule has 8 rings (SSSR count). The summed E-state index contributed by atoms with van der Waals surface area (Å²) >= 11 is 5.80. The molecule has 0 spiro atoms. The van der Waals surface area contributed by atoms with Gasteiger partial charge in [0.05, 0.1) is 36.4 Å². The highest BCUT2D eigenvalue weighted by atomic mass is 35.5. The molecule has 15 heteroatoms. The summed E-state index contributed by atoms with van der Waals surface area (Å²) < 4.78 is 6.00. The van der Waals surface area contributed by atoms with Crippen molar-refractivity contribution >= 4 is 35.1 Å². The van der Waals surface area contributed by atoms with E-state index in [2.05, 4.69) is 41.2 Å². The summed E-state index contributed by atoms with van der Waals surface area (Å²) in [4.78, 5) is 41.3. The topological polar surface area (TPSA) is 210 Å². The number of nitrogens with one attached hydrogen (secondary N) is 4. The zero-order valence-electron chi connectivity index (χ0n) is 34.1. The molecule has 0 bridgehead atoms. The van der Waals surface area contributed by atoms with Gasteiger partial charge in [-0.25, -0.2) is 0 Å². The first-order valence-corrected chi connectivity index (χ1v) is 20.4. The van der Waals surface area contributed by atoms with Gasteiger partial charge in [0.2, 0.25) is 0 Å². The Labute approximate surface area is 370 Å². The first kappa shape index (κ1) is 44.5. The molecule has 0 aliphatic carbocycles. The second kappa shape index (κ2) is 23.1. The number of hydrogen-bond donors (Lipinski definition) is 5. The number of hydrogen-bond acceptors (Lipinski definition) is 12. The monoisotopic (exact) mass is 858 g/mol. The van der Waals surface area contributed by atoms with Crippen molar-refractivity contribution in [1.29, 1.82) is 10.5 Å². The number of nitrogens with zero attached hydrogens (tertiary/aromatic N) is 6. The number of aromatic hydroxyl groups is 1. The fraction of sp³-hybridized carbons (Fsp3) is 0.167. The quantitative estimate of drug-likeness (QED) is 0.0916. The summed E-state index contributed by atoms with van der Waals surface area (Å²) in [6.07, 6.45) is 4.68. The van der Waals surface area contributed by atoms with Crippen LogP contribution in [0.15, 0.2) is 144 Å². The van der Waals surface area contributed by atoms with E-state index in [9.17, 15) is 14.7 Å². The second-order valence-corrected chi connectivity index (χ2v) is 14.3. The van der Waals surface area contributed by atoms with Gasteiger partial charge in [0.25, 0.3) is 11.8 Å². The van der Waals surface area contributed by atoms with Gasteiger partial charge in [-0.15, -0.1) is 0 Å². The number of phenols is 1. The van der Waals surface area contributed by atoms with Crippen molar-refractivity contribution in [3.63, 3.8) is 0 Å². The minimum absolute atomic E-state index is 0.197. The van der Waals surface area contributed by atoms with Crippen molar-refractivity contribution in [2.75, 3.05) is 39.3 Å². The molecule has 2 aliphatic rings. The van der Waals surface area contributed by atoms with Crippen LogP contribution < -0.4 is 26.0 Å². The smallest absolute Gasteiger partial charge is 0.251 e. The molecule has 5 N–H and O–H groups in total. The highest BCUT2D eigenvalue weighted by molar-refractivity contribution is 6.30. The summed E-state index contributed by atoms with van der Waals surface area (Å²) in [5.74, 6) is 2.84. The molecule has 4 aromatic carbocycles. The van der Waals surface area contributed by atoms with Crippen LogP contribution in [0.25, 0.3) is 0 Å². The van der Waals surface area contributed by atoms with E-state index in [4.69, 9.17) is 26.9 Å². The standard InChI is InChI=1S/C24H21N5O2.C16H14N2O2.C8H8ClN3/c25-16-18-4-1-5-19(13-18)24(30)29-9-7-17-3-2-6-20(14-17)31-21-8-10-26-22(15-21)23-27-11-12-28-23;17-11-13-4-1-5-14(9-13)16(20)18-8-7-12-3-2-6-15(19)10-12;9-6-1-2-10-7(5-6)8-11-3-4-12-8/h1-6,8,10,13-15H,7,9,11-12H2,(H,27,28)(H,29,30);1-6,9-10,19H,7-8H2,(H,18,20);1-2,5H,3-4H2,(H,11,12). The number of amidine groups is 2. The number of carbonyl (C=O) groups is 2. The number of aliphatic imine (C=N–C) groups is 2. The first-order valence-electron chi connectivity index (χ1n) is 20.0. The first-order chi connectivity index (χ1) is 30.8. The van der Waals surface area contributed by atoms with E-state index < -0.39 is 0 Å². The van der Waals surface area contributed by atoms with Gasteiger partial charge in [-0.3, -0.25) is 29.5 Å². The molecule has 2 amide bonds. The van der Waals surface area contributed by atoms with Crippen LogP contribution in [-0.2, 0) is 12.8 Å². The third kappa shape index (κ3) is 14.0. The van der Waals surface area contributed by atoms with Crippen molar-refractivity contribution in [3.05, 3.63) is 184 Å². The molecule has 0 fully saturated rings. The number of amides is 2. The van der Waals surface area contributed by atoms with Gasteiger partial charge in [-0.2, -0.15) is 10.5 Å². The average molecular weight is 859 g/mol. The Kier molecular flexibility index (Phi) is 16.3. The summed E-state index contributed by atoms with van der Waals surface area (Å²) in [6, 6.07) is 39.2. The molecule has 2 aliphatic heterocycles. The number of carbonyl (C=O) groups excluding carboxylic acids is 2. The van der Waals surface area contributed by atoms with Crippen molar-refractivity contribution < 1.29 is 19.4 Å². The van der Waals surface area contributed by atoms with Crippen LogP contribution in [-0.4, -0.2) is 77.8 Å². The summed E-state index contributed by atoms with van der Waals surface area (Å²) in [7, 11) is 0. The van der Waals surface area contributed by atoms with Crippen molar-refractivity contribution in [1.82, 2.24) is 31.2 Å². The van der Waals surface area contributed by atoms with Crippen molar-refractivity contribution in [2.24, 2.45) is 9.98 Å². The van der Waals surface area contributed by atoms with Crippen molar-refractivity contribution in [3.8, 4) is 29.4 Å². The molecule has 0 saturated heterocycles. The van der Waals surface area contributed by atoms with E-state index in [1.165, 1.54) is 0 Å². The van der Waals surface area contributed by atoms with Gasteiger partial charge in [-0.05, 0) is 103 Å². The molecular formula is C48H43ClN10O4. The largest absolute Gasteiger partial charge is 0.508 e. The van der Waals surface area contributed by atoms with E-state index in [-0.39, 0.29) is 17.6 Å². The fourth-order valence-corrected chi connectivity index (χ4v) is 6.35. The minimum atomic E-state index is -0.206. The number of benzene rings is 4. The number of ether oxygens (including phenoxy) is 1. The predicted molar refractivity (Wildman–Crippen MR) is 241 cm³/mol. The van der Waals surface area contributed by atoms with Crippen LogP contribution in [0.2, 0.25) is 5.02 Å². The zero-order chi connectivity index (χ0) is 44.2. The molecule has 0 unspecified atom stereocenters. The molecular weight excluding hydrogens is 816 g/mol. The van der Waals surface area contributed by atoms with E-state index in [1.807, 2.05) is 48.5 Å². The average Bonchev–Trinajstić information content (AvgIpc) is 4.07. The van der Waals surface area contributed by atoms with Gasteiger partial charge >= 0.3 is 0 Å². The Hall–Kier alpha value is -8.07. The van der Waals surface area contributed by atoms with Crippen LogP contribution in [0.4, 0.5) is 0 Å². The van der Waals surface area contributed by atoms with Crippen LogP contribution in [0.3, 0.4) is 0 Å². The van der Waals surface area contributed by atoms with Gasteiger partial charge in [-0.1, -0.05) is 48.0 Å². The van der Waals surface area contributed by atoms with E-state index in [1.54, 1.807) is 97.3 Å². The highest BCUT2D eigenvalue weighted by Gasteiger charge is 2.12. The van der Waals surface area contributed by atoms with E-state index >= 15 is 0 Å². The highest BCUT2D eigenvalue weighted by Crippen LogP contribution is 2.23. The Morgan fingerprint density at radius 2 is 1.17 bits per heavy atom. The number of phenolic OH excluding ortho intramolecular Hbond substituents is 1. The summed E-state index contributed by atoms with van der Waals surface area (Å²) in [5.41, 5.74) is 5.45. The van der Waals surface area contributed by atoms with E-state index in [0.717, 1.165) is 60.4 Å². The predicted octanol–water partition coefficient (Wildman–Crippen LogP) is 6.39. The third-order valence-corrected chi connectivity index (χ3v) is 9.47.